The smallest absolute Gasteiger partial charge is 0.211 e. The lowest BCUT2D eigenvalue weighted by atomic mass is 10.2. The van der Waals surface area contributed by atoms with Gasteiger partial charge in [0, 0.05) is 12.4 Å². The van der Waals surface area contributed by atoms with Crippen molar-refractivity contribution in [1.29, 1.82) is 0 Å². The van der Waals surface area contributed by atoms with Crippen LogP contribution in [0.25, 0.3) is 0 Å². The fourth-order valence-corrected chi connectivity index (χ4v) is 5.44. The molecule has 0 radical (unpaired) electrons. The van der Waals surface area contributed by atoms with Crippen molar-refractivity contribution in [3.05, 3.63) is 48.5 Å². The molecule has 1 heterocycles. The van der Waals surface area contributed by atoms with E-state index >= 15 is 0 Å². The van der Waals surface area contributed by atoms with Crippen molar-refractivity contribution in [3.8, 4) is 5.75 Å². The Hall–Kier alpha value is -1.66. The Bertz CT molecular complexity index is 669. The van der Waals surface area contributed by atoms with E-state index in [1.807, 2.05) is 63.2 Å². The molecule has 8 heteroatoms. The summed E-state index contributed by atoms with van der Waals surface area (Å²) in [6, 6.07) is 7.92. The monoisotopic (exact) mass is 350 g/mol. The molecule has 0 aliphatic heterocycles. The van der Waals surface area contributed by atoms with Gasteiger partial charge in [0.25, 0.3) is 0 Å². The second-order valence-corrected chi connectivity index (χ2v) is 9.61. The Balaban J connectivity index is 2.34. The van der Waals surface area contributed by atoms with Crippen LogP contribution in [-0.4, -0.2) is 58.8 Å². The molecule has 0 fully saturated rings. The minimum atomic E-state index is -2.20. The van der Waals surface area contributed by atoms with Crippen molar-refractivity contribution in [2.75, 3.05) is 35.2 Å². The quantitative estimate of drug-likeness (QED) is 0.567. The Labute approximate surface area is 144 Å². The predicted molar refractivity (Wildman–Crippen MR) is 98.5 cm³/mol. The molecule has 0 spiro atoms. The Morgan fingerprint density at radius 1 is 1.08 bits per heavy atom. The summed E-state index contributed by atoms with van der Waals surface area (Å²) in [5, 5.41) is 0. The summed E-state index contributed by atoms with van der Waals surface area (Å²) in [6.07, 6.45) is 5.52. The second-order valence-electron chi connectivity index (χ2n) is 6.09. The van der Waals surface area contributed by atoms with E-state index in [0.717, 1.165) is 5.75 Å². The first-order valence-corrected chi connectivity index (χ1v) is 9.34. The molecule has 0 aliphatic rings. The van der Waals surface area contributed by atoms with E-state index < -0.39 is 7.51 Å². The average Bonchev–Trinajstić information content (AvgIpc) is 3.02. The number of rotatable bonds is 7. The number of benzene rings is 1. The predicted octanol–water partition coefficient (Wildman–Crippen LogP) is 3.14. The molecule has 0 unspecified atom stereocenters. The Kier molecular flexibility index (Phi) is 6.18. The van der Waals surface area contributed by atoms with E-state index in [1.165, 1.54) is 5.56 Å². The van der Waals surface area contributed by atoms with Gasteiger partial charge in [-0.1, -0.05) is 22.6 Å². The number of aromatic nitrogens is 2. The molecule has 2 rings (SSSR count). The van der Waals surface area contributed by atoms with Crippen molar-refractivity contribution < 1.29 is 4.84 Å². The summed E-state index contributed by atoms with van der Waals surface area (Å²) in [4.78, 5) is 14.6. The van der Waals surface area contributed by atoms with Crippen LogP contribution in [0.1, 0.15) is 5.56 Å². The molecule has 0 saturated heterocycles. The Morgan fingerprint density at radius 2 is 1.71 bits per heavy atom. The van der Waals surface area contributed by atoms with E-state index in [2.05, 4.69) is 37.9 Å². The lowest BCUT2D eigenvalue weighted by Gasteiger charge is -2.41. The minimum Gasteiger partial charge on any atom is -0.355 e. The molecular weight excluding hydrogens is 323 g/mol. The molecule has 7 nitrogen and oxygen atoms in total. The van der Waals surface area contributed by atoms with Crippen LogP contribution >= 0.6 is 7.51 Å². The van der Waals surface area contributed by atoms with Crippen LogP contribution in [0.5, 0.6) is 5.75 Å². The van der Waals surface area contributed by atoms with E-state index in [1.54, 1.807) is 12.5 Å². The maximum absolute atomic E-state index is 5.81. The highest BCUT2D eigenvalue weighted by atomic mass is 31.2. The van der Waals surface area contributed by atoms with Crippen molar-refractivity contribution in [1.82, 2.24) is 23.6 Å². The maximum atomic E-state index is 5.81. The highest BCUT2D eigenvalue weighted by Crippen LogP contribution is 2.55. The summed E-state index contributed by atoms with van der Waals surface area (Å²) < 4.78 is 8.46. The van der Waals surface area contributed by atoms with Gasteiger partial charge in [-0.05, 0) is 54.3 Å². The van der Waals surface area contributed by atoms with Gasteiger partial charge < -0.3 is 9.40 Å². The standard InChI is InChI=1S/C16H27N6OP/c1-15-7-9-16(10-8-15)23-18-24(19(2)3,20(4)5)21(6)14-22-12-11-17-13-22/h7-13H,14H2,1-6H3. The Morgan fingerprint density at radius 3 is 2.21 bits per heavy atom. The van der Waals surface area contributed by atoms with E-state index in [4.69, 9.17) is 4.84 Å². The number of aryl methyl sites for hydroxylation is 1. The van der Waals surface area contributed by atoms with Gasteiger partial charge in [0.1, 0.15) is 0 Å². The van der Waals surface area contributed by atoms with Crippen LogP contribution < -0.4 is 4.84 Å². The molecule has 0 amide bonds. The summed E-state index contributed by atoms with van der Waals surface area (Å²) in [6.45, 7) is 2.72. The van der Waals surface area contributed by atoms with Crippen LogP contribution in [-0.2, 0) is 6.67 Å². The summed E-state index contributed by atoms with van der Waals surface area (Å²) in [7, 11) is 7.97. The molecular formula is C16H27N6OP. The van der Waals surface area contributed by atoms with Gasteiger partial charge in [-0.25, -0.2) is 19.0 Å². The molecule has 2 aromatic rings. The lowest BCUT2D eigenvalue weighted by molar-refractivity contribution is 0.305. The summed E-state index contributed by atoms with van der Waals surface area (Å²) >= 11 is 0. The molecule has 1 aromatic carbocycles. The fourth-order valence-electron chi connectivity index (χ4n) is 2.57. The van der Waals surface area contributed by atoms with Gasteiger partial charge >= 0.3 is 0 Å². The number of hydrogen-bond donors (Lipinski definition) is 0. The molecule has 0 N–H and O–H groups in total. The van der Waals surface area contributed by atoms with Crippen LogP contribution in [0.3, 0.4) is 0 Å². The zero-order chi connectivity index (χ0) is 17.7. The summed E-state index contributed by atoms with van der Waals surface area (Å²) in [5.74, 6) is 0.740. The topological polar surface area (TPSA) is 49.1 Å². The normalized spacial score (nSPS) is 12.2. The van der Waals surface area contributed by atoms with Gasteiger partial charge in [0.2, 0.25) is 7.51 Å². The molecule has 0 bridgehead atoms. The zero-order valence-corrected chi connectivity index (χ0v) is 16.2. The molecule has 0 aliphatic carbocycles. The van der Waals surface area contributed by atoms with E-state index in [0.29, 0.717) is 6.67 Å². The van der Waals surface area contributed by atoms with Crippen molar-refractivity contribution >= 4 is 7.51 Å². The molecule has 0 atom stereocenters. The minimum absolute atomic E-state index is 0.672. The third kappa shape index (κ3) is 4.05. The average molecular weight is 350 g/mol. The van der Waals surface area contributed by atoms with Crippen LogP contribution in [0.2, 0.25) is 0 Å². The summed E-state index contributed by atoms with van der Waals surface area (Å²) in [5.41, 5.74) is 1.20. The second kappa shape index (κ2) is 7.94. The third-order valence-electron chi connectivity index (χ3n) is 3.74. The lowest BCUT2D eigenvalue weighted by Crippen LogP contribution is -2.34. The highest BCUT2D eigenvalue weighted by molar-refractivity contribution is 7.58. The molecule has 0 saturated carbocycles. The van der Waals surface area contributed by atoms with E-state index in [-0.39, 0.29) is 0 Å². The largest absolute Gasteiger partial charge is 0.355 e. The van der Waals surface area contributed by atoms with Crippen LogP contribution in [0.4, 0.5) is 0 Å². The molecule has 132 valence electrons. The number of nitrogens with zero attached hydrogens (tertiary/aromatic N) is 6. The van der Waals surface area contributed by atoms with Gasteiger partial charge in [-0.2, -0.15) is 0 Å². The third-order valence-corrected chi connectivity index (χ3v) is 7.23. The van der Waals surface area contributed by atoms with Gasteiger partial charge in [-0.15, -0.1) is 0 Å². The highest BCUT2D eigenvalue weighted by Gasteiger charge is 2.32. The first-order chi connectivity index (χ1) is 11.4. The van der Waals surface area contributed by atoms with Gasteiger partial charge in [0.05, 0.1) is 13.0 Å². The number of imidazole rings is 1. The van der Waals surface area contributed by atoms with Crippen molar-refractivity contribution in [3.63, 3.8) is 0 Å². The van der Waals surface area contributed by atoms with E-state index in [9.17, 15) is 0 Å². The molecule has 24 heavy (non-hydrogen) atoms. The fraction of sp³-hybridized carbons (Fsp3) is 0.438. The first kappa shape index (κ1) is 18.7. The van der Waals surface area contributed by atoms with Crippen LogP contribution in [0, 0.1) is 6.92 Å². The van der Waals surface area contributed by atoms with Gasteiger partial charge in [0.15, 0.2) is 5.75 Å². The number of hydrogen-bond acceptors (Lipinski definition) is 3. The SMILES string of the molecule is Cc1ccc(ON=P(N(C)C)(N(C)C)N(C)Cn2ccnc2)cc1. The van der Waals surface area contributed by atoms with Crippen molar-refractivity contribution in [2.24, 2.45) is 4.91 Å². The maximum Gasteiger partial charge on any atom is 0.211 e. The van der Waals surface area contributed by atoms with Crippen LogP contribution in [0.15, 0.2) is 47.9 Å². The van der Waals surface area contributed by atoms with Crippen molar-refractivity contribution in [2.45, 2.75) is 13.6 Å². The first-order valence-electron chi connectivity index (χ1n) is 7.74. The van der Waals surface area contributed by atoms with Gasteiger partial charge in [-0.3, -0.25) is 0 Å². The zero-order valence-electron chi connectivity index (χ0n) is 15.3. The molecule has 1 aromatic heterocycles.